The summed E-state index contributed by atoms with van der Waals surface area (Å²) in [6.07, 6.45) is -9.14. The molecule has 2 aliphatic rings. The van der Waals surface area contributed by atoms with Crippen molar-refractivity contribution < 1.29 is 50.1 Å². The Kier molecular flexibility index (Phi) is 4.47. The molecule has 28 heavy (non-hydrogen) atoms. The minimum Gasteiger partial charge on any atom is -0.470 e. The molecule has 2 heterocycles. The molecule has 0 aliphatic carbocycles. The quantitative estimate of drug-likeness (QED) is 0.544. The van der Waals surface area contributed by atoms with Crippen LogP contribution in [0.3, 0.4) is 0 Å². The molecule has 11 heteroatoms. The van der Waals surface area contributed by atoms with E-state index in [1.807, 2.05) is 0 Å². The van der Waals surface area contributed by atoms with Gasteiger partial charge < -0.3 is 18.9 Å². The van der Waals surface area contributed by atoms with Crippen molar-refractivity contribution in [3.63, 3.8) is 0 Å². The van der Waals surface area contributed by atoms with Gasteiger partial charge in [-0.25, -0.2) is 9.18 Å². The second kappa shape index (κ2) is 6.21. The van der Waals surface area contributed by atoms with Crippen molar-refractivity contribution >= 4 is 11.5 Å². The molecule has 0 saturated heterocycles. The first kappa shape index (κ1) is 20.2. The summed E-state index contributed by atoms with van der Waals surface area (Å²) in [5.74, 6) is -6.60. The van der Waals surface area contributed by atoms with Crippen molar-refractivity contribution in [1.29, 1.82) is 0 Å². The van der Waals surface area contributed by atoms with Gasteiger partial charge in [0, 0.05) is 17.1 Å². The number of hydrogen-bond acceptors (Lipinski definition) is 5. The van der Waals surface area contributed by atoms with Gasteiger partial charge in [-0.15, -0.1) is 8.78 Å². The van der Waals surface area contributed by atoms with E-state index >= 15 is 0 Å². The highest BCUT2D eigenvalue weighted by molar-refractivity contribution is 5.98. The topological polar surface area (TPSA) is 54.0 Å². The first-order valence-electron chi connectivity index (χ1n) is 8.08. The van der Waals surface area contributed by atoms with Crippen LogP contribution in [0, 0.1) is 11.7 Å². The largest absolute Gasteiger partial charge is 0.586 e. The Hall–Kier alpha value is -2.59. The zero-order valence-electron chi connectivity index (χ0n) is 14.7. The lowest BCUT2D eigenvalue weighted by Gasteiger charge is -2.32. The van der Waals surface area contributed by atoms with E-state index in [2.05, 4.69) is 9.47 Å². The van der Waals surface area contributed by atoms with Gasteiger partial charge in [0.25, 0.3) is 0 Å². The molecule has 0 fully saturated rings. The molecular weight excluding hydrogens is 398 g/mol. The normalized spacial score (nSPS) is 25.7. The average molecular weight is 412 g/mol. The molecule has 0 spiro atoms. The van der Waals surface area contributed by atoms with E-state index in [9.17, 15) is 31.1 Å². The number of alkyl halides is 5. The maximum absolute atomic E-state index is 13.9. The summed E-state index contributed by atoms with van der Waals surface area (Å²) in [5, 5.41) is 0. The average Bonchev–Trinajstić information content (AvgIpc) is 3.04. The third kappa shape index (κ3) is 2.92. The highest BCUT2D eigenvalue weighted by Crippen LogP contribution is 2.56. The van der Waals surface area contributed by atoms with Crippen molar-refractivity contribution in [3.8, 4) is 11.5 Å². The Morgan fingerprint density at radius 2 is 1.79 bits per heavy atom. The summed E-state index contributed by atoms with van der Waals surface area (Å²) < 4.78 is 99.7. The van der Waals surface area contributed by atoms with Crippen molar-refractivity contribution in [2.75, 3.05) is 6.61 Å². The molecule has 2 atom stereocenters. The van der Waals surface area contributed by atoms with Gasteiger partial charge in [0.1, 0.15) is 0 Å². The van der Waals surface area contributed by atoms with Gasteiger partial charge in [-0.05, 0) is 26.0 Å². The third-order valence-electron chi connectivity index (χ3n) is 4.64. The standard InChI is InChI=1S/C17H14F6O5/c1-4-25-14(24)13-10(7(2)15(3,26-13)16(19,20)21)8-5-6-9(18)12-11(8)27-17(22,23)28-12/h5-7H,4H2,1-3H3. The molecule has 0 radical (unpaired) electrons. The smallest absolute Gasteiger partial charge is 0.470 e. The fraction of sp³-hybridized carbons (Fsp3) is 0.471. The van der Waals surface area contributed by atoms with Crippen LogP contribution in [0.25, 0.3) is 5.57 Å². The van der Waals surface area contributed by atoms with Crippen LogP contribution in [0.2, 0.25) is 0 Å². The molecule has 0 aromatic heterocycles. The van der Waals surface area contributed by atoms with Gasteiger partial charge in [-0.3, -0.25) is 0 Å². The van der Waals surface area contributed by atoms with Crippen LogP contribution in [-0.4, -0.2) is 30.6 Å². The number of carbonyl (C=O) groups excluding carboxylic acids is 1. The molecule has 154 valence electrons. The lowest BCUT2D eigenvalue weighted by Crippen LogP contribution is -2.47. The minimum absolute atomic E-state index is 0.171. The summed E-state index contributed by atoms with van der Waals surface area (Å²) in [6, 6.07) is 1.63. The van der Waals surface area contributed by atoms with Gasteiger partial charge in [-0.2, -0.15) is 13.2 Å². The molecule has 2 unspecified atom stereocenters. The molecule has 1 aromatic carbocycles. The Labute approximate surface area is 154 Å². The van der Waals surface area contributed by atoms with E-state index in [1.54, 1.807) is 0 Å². The van der Waals surface area contributed by atoms with Crippen molar-refractivity contribution in [2.45, 2.75) is 38.8 Å². The van der Waals surface area contributed by atoms with Gasteiger partial charge in [0.05, 0.1) is 6.61 Å². The van der Waals surface area contributed by atoms with Crippen LogP contribution < -0.4 is 9.47 Å². The molecule has 0 saturated carbocycles. The predicted octanol–water partition coefficient (Wildman–Crippen LogP) is 4.41. The first-order chi connectivity index (χ1) is 12.8. The van der Waals surface area contributed by atoms with Crippen LogP contribution in [0.4, 0.5) is 26.3 Å². The zero-order valence-corrected chi connectivity index (χ0v) is 14.7. The SMILES string of the molecule is CCOC(=O)C1=C(c2ccc(F)c3c2OC(F)(F)O3)C(C)C(C)(C(F)(F)F)O1. The summed E-state index contributed by atoms with van der Waals surface area (Å²) in [5.41, 5.74) is -3.65. The summed E-state index contributed by atoms with van der Waals surface area (Å²) in [6.45, 7) is 3.06. The van der Waals surface area contributed by atoms with Crippen molar-refractivity contribution in [3.05, 3.63) is 29.3 Å². The molecule has 0 N–H and O–H groups in total. The van der Waals surface area contributed by atoms with Crippen LogP contribution in [0.15, 0.2) is 17.9 Å². The van der Waals surface area contributed by atoms with E-state index in [0.29, 0.717) is 13.0 Å². The van der Waals surface area contributed by atoms with Crippen LogP contribution in [0.1, 0.15) is 26.3 Å². The fourth-order valence-electron chi connectivity index (χ4n) is 3.04. The lowest BCUT2D eigenvalue weighted by atomic mass is 9.82. The number of fused-ring (bicyclic) bond motifs is 1. The molecule has 0 bridgehead atoms. The summed E-state index contributed by atoms with van der Waals surface area (Å²) in [4.78, 5) is 12.2. The lowest BCUT2D eigenvalue weighted by molar-refractivity contribution is -0.287. The molecule has 2 aliphatic heterocycles. The second-order valence-electron chi connectivity index (χ2n) is 6.31. The number of esters is 1. The van der Waals surface area contributed by atoms with Crippen LogP contribution in [0.5, 0.6) is 11.5 Å². The van der Waals surface area contributed by atoms with E-state index in [4.69, 9.17) is 9.47 Å². The van der Waals surface area contributed by atoms with Gasteiger partial charge >= 0.3 is 18.4 Å². The number of rotatable bonds is 3. The number of benzene rings is 1. The molecular formula is C17H14F6O5. The van der Waals surface area contributed by atoms with E-state index in [-0.39, 0.29) is 6.61 Å². The summed E-state index contributed by atoms with van der Waals surface area (Å²) >= 11 is 0. The number of hydrogen-bond donors (Lipinski definition) is 0. The van der Waals surface area contributed by atoms with Crippen LogP contribution in [-0.2, 0) is 14.3 Å². The molecule has 5 nitrogen and oxygen atoms in total. The highest BCUT2D eigenvalue weighted by atomic mass is 19.4. The minimum atomic E-state index is -4.92. The zero-order chi connectivity index (χ0) is 21.1. The fourth-order valence-corrected chi connectivity index (χ4v) is 3.04. The van der Waals surface area contributed by atoms with E-state index in [0.717, 1.165) is 13.0 Å². The van der Waals surface area contributed by atoms with Crippen molar-refractivity contribution in [1.82, 2.24) is 0 Å². The maximum Gasteiger partial charge on any atom is 0.586 e. The summed E-state index contributed by atoms with van der Waals surface area (Å²) in [7, 11) is 0. The Morgan fingerprint density at radius 1 is 1.18 bits per heavy atom. The van der Waals surface area contributed by atoms with Crippen molar-refractivity contribution in [2.24, 2.45) is 5.92 Å². The van der Waals surface area contributed by atoms with Gasteiger partial charge in [-0.1, -0.05) is 6.92 Å². The van der Waals surface area contributed by atoms with E-state index in [1.165, 1.54) is 6.92 Å². The molecule has 3 rings (SSSR count). The number of carbonyl (C=O) groups is 1. The highest BCUT2D eigenvalue weighted by Gasteiger charge is 2.63. The Morgan fingerprint density at radius 3 is 2.36 bits per heavy atom. The predicted molar refractivity (Wildman–Crippen MR) is 80.9 cm³/mol. The number of halogens is 6. The van der Waals surface area contributed by atoms with Crippen LogP contribution >= 0.6 is 0 Å². The molecule has 0 amide bonds. The number of ether oxygens (including phenoxy) is 4. The van der Waals surface area contributed by atoms with E-state index < -0.39 is 64.2 Å². The Bertz CT molecular complexity index is 862. The third-order valence-corrected chi connectivity index (χ3v) is 4.64. The monoisotopic (exact) mass is 412 g/mol. The second-order valence-corrected chi connectivity index (χ2v) is 6.31. The maximum atomic E-state index is 13.9. The van der Waals surface area contributed by atoms with Gasteiger partial charge in [0.15, 0.2) is 11.6 Å². The first-order valence-corrected chi connectivity index (χ1v) is 8.08. The van der Waals surface area contributed by atoms with Gasteiger partial charge in [0.2, 0.25) is 17.1 Å². The Balaban J connectivity index is 2.22. The molecule has 1 aromatic rings.